The van der Waals surface area contributed by atoms with E-state index >= 15 is 0 Å². The van der Waals surface area contributed by atoms with Gasteiger partial charge in [-0.25, -0.2) is 10.2 Å². The Morgan fingerprint density at radius 3 is 2.70 bits per heavy atom. The maximum atomic E-state index is 11.2. The number of amides is 1. The molecule has 0 heterocycles. The summed E-state index contributed by atoms with van der Waals surface area (Å²) in [6.07, 6.45) is 1.49. The van der Waals surface area contributed by atoms with Gasteiger partial charge in [-0.15, -0.1) is 0 Å². The summed E-state index contributed by atoms with van der Waals surface area (Å²) < 4.78 is 0. The van der Waals surface area contributed by atoms with Gasteiger partial charge in [-0.05, 0) is 6.92 Å². The number of nitrogens with one attached hydrogen (secondary N) is 1. The van der Waals surface area contributed by atoms with Gasteiger partial charge in [0.1, 0.15) is 0 Å². The maximum absolute atomic E-state index is 11.2. The average molecular weight is 277 g/mol. The highest BCUT2D eigenvalue weighted by Gasteiger charge is 2.07. The molecule has 0 saturated heterocycles. The number of non-ortho nitro benzene ring substituents is 1. The Bertz CT molecular complexity index is 607. The molecule has 2 N–H and O–H groups in total. The van der Waals surface area contributed by atoms with E-state index in [0.29, 0.717) is 17.4 Å². The van der Waals surface area contributed by atoms with E-state index < -0.39 is 16.8 Å². The summed E-state index contributed by atoms with van der Waals surface area (Å²) in [7, 11) is 0. The van der Waals surface area contributed by atoms with Crippen molar-refractivity contribution in [2.75, 3.05) is 0 Å². The normalized spacial score (nSPS) is 11.3. The van der Waals surface area contributed by atoms with Crippen molar-refractivity contribution in [1.82, 2.24) is 5.43 Å². The number of hydrazone groups is 1. The number of nitrogens with zero attached hydrogens (tertiary/aromatic N) is 2. The molecule has 0 saturated carbocycles. The molecule has 0 radical (unpaired) electrons. The fourth-order valence-electron chi connectivity index (χ4n) is 1.23. The molecule has 20 heavy (non-hydrogen) atoms. The smallest absolute Gasteiger partial charge is 0.328 e. The number of carboxylic acids is 1. The first-order valence-corrected chi connectivity index (χ1v) is 5.40. The van der Waals surface area contributed by atoms with Crippen LogP contribution in [-0.2, 0) is 9.59 Å². The fourth-order valence-corrected chi connectivity index (χ4v) is 1.23. The molecule has 1 amide bonds. The van der Waals surface area contributed by atoms with Crippen LogP contribution in [-0.4, -0.2) is 27.6 Å². The summed E-state index contributed by atoms with van der Waals surface area (Å²) in [5.74, 6) is -1.96. The zero-order chi connectivity index (χ0) is 15.1. The second kappa shape index (κ2) is 6.78. The molecule has 0 bridgehead atoms. The Morgan fingerprint density at radius 1 is 1.40 bits per heavy atom. The van der Waals surface area contributed by atoms with Gasteiger partial charge in [0, 0.05) is 29.8 Å². The molecular weight excluding hydrogens is 266 g/mol. The summed E-state index contributed by atoms with van der Waals surface area (Å²) in [5, 5.41) is 22.7. The fraction of sp³-hybridized carbons (Fsp3) is 0.0833. The van der Waals surface area contributed by atoms with Crippen molar-refractivity contribution in [3.8, 4) is 0 Å². The predicted molar refractivity (Wildman–Crippen MR) is 70.2 cm³/mol. The summed E-state index contributed by atoms with van der Waals surface area (Å²) >= 11 is 0. The van der Waals surface area contributed by atoms with Crippen LogP contribution in [0.2, 0.25) is 0 Å². The van der Waals surface area contributed by atoms with Crippen LogP contribution in [0, 0.1) is 10.1 Å². The molecule has 0 aliphatic carbocycles. The van der Waals surface area contributed by atoms with Crippen molar-refractivity contribution < 1.29 is 19.6 Å². The Labute approximate surface area is 113 Å². The molecular formula is C12H11N3O5. The number of hydrogen-bond acceptors (Lipinski definition) is 5. The van der Waals surface area contributed by atoms with Crippen molar-refractivity contribution in [2.24, 2.45) is 5.10 Å². The standard InChI is InChI=1S/C12H11N3O5/c1-8(13-14-11(16)5-6-12(17)18)9-3-2-4-10(7-9)15(19)20/h2-7H,1H3,(H,14,16)(H,17,18). The van der Waals surface area contributed by atoms with Gasteiger partial charge in [0.25, 0.3) is 11.6 Å². The molecule has 0 unspecified atom stereocenters. The number of nitro benzene ring substituents is 1. The van der Waals surface area contributed by atoms with Gasteiger partial charge >= 0.3 is 5.97 Å². The number of carboxylic acid groups (broad SMARTS) is 1. The Hall–Kier alpha value is -3.03. The topological polar surface area (TPSA) is 122 Å². The monoisotopic (exact) mass is 277 g/mol. The zero-order valence-electron chi connectivity index (χ0n) is 10.4. The number of hydrogen-bond donors (Lipinski definition) is 2. The quantitative estimate of drug-likeness (QED) is 0.361. The minimum atomic E-state index is -1.25. The van der Waals surface area contributed by atoms with E-state index in [2.05, 4.69) is 10.5 Å². The number of aliphatic carboxylic acids is 1. The lowest BCUT2D eigenvalue weighted by Crippen LogP contribution is -2.17. The first-order chi connectivity index (χ1) is 9.40. The molecule has 0 aliphatic heterocycles. The van der Waals surface area contributed by atoms with Gasteiger partial charge < -0.3 is 5.11 Å². The van der Waals surface area contributed by atoms with Crippen molar-refractivity contribution in [3.63, 3.8) is 0 Å². The van der Waals surface area contributed by atoms with E-state index in [1.165, 1.54) is 18.2 Å². The molecule has 104 valence electrons. The summed E-state index contributed by atoms with van der Waals surface area (Å²) in [4.78, 5) is 31.5. The van der Waals surface area contributed by atoms with Crippen LogP contribution in [0.4, 0.5) is 5.69 Å². The highest BCUT2D eigenvalue weighted by atomic mass is 16.6. The Kier molecular flexibility index (Phi) is 5.10. The molecule has 0 fully saturated rings. The van der Waals surface area contributed by atoms with Crippen LogP contribution >= 0.6 is 0 Å². The van der Waals surface area contributed by atoms with Crippen LogP contribution < -0.4 is 5.43 Å². The third-order valence-electron chi connectivity index (χ3n) is 2.19. The van der Waals surface area contributed by atoms with Gasteiger partial charge in [0.05, 0.1) is 10.6 Å². The van der Waals surface area contributed by atoms with E-state index in [0.717, 1.165) is 6.08 Å². The summed E-state index contributed by atoms with van der Waals surface area (Å²) in [6, 6.07) is 5.76. The molecule has 0 atom stereocenters. The predicted octanol–water partition coefficient (Wildman–Crippen LogP) is 1.08. The van der Waals surface area contributed by atoms with Gasteiger partial charge in [-0.2, -0.15) is 5.10 Å². The van der Waals surface area contributed by atoms with Gasteiger partial charge in [0.2, 0.25) is 0 Å². The van der Waals surface area contributed by atoms with Crippen LogP contribution in [0.5, 0.6) is 0 Å². The third-order valence-corrected chi connectivity index (χ3v) is 2.19. The number of benzene rings is 1. The number of carbonyl (C=O) groups excluding carboxylic acids is 1. The Morgan fingerprint density at radius 2 is 2.10 bits per heavy atom. The SMILES string of the molecule is CC(=NNC(=O)C=CC(=O)O)c1cccc([N+](=O)[O-])c1. The van der Waals surface area contributed by atoms with Crippen LogP contribution in [0.25, 0.3) is 0 Å². The number of nitro groups is 1. The first kappa shape index (κ1) is 15.0. The van der Waals surface area contributed by atoms with E-state index in [4.69, 9.17) is 5.11 Å². The summed E-state index contributed by atoms with van der Waals surface area (Å²) in [5.41, 5.74) is 2.85. The third kappa shape index (κ3) is 4.69. The lowest BCUT2D eigenvalue weighted by molar-refractivity contribution is -0.384. The van der Waals surface area contributed by atoms with E-state index in [1.54, 1.807) is 13.0 Å². The largest absolute Gasteiger partial charge is 0.478 e. The molecule has 1 aromatic carbocycles. The number of rotatable bonds is 5. The minimum absolute atomic E-state index is 0.0888. The van der Waals surface area contributed by atoms with Crippen LogP contribution in [0.15, 0.2) is 41.5 Å². The molecule has 0 aliphatic rings. The Balaban J connectivity index is 2.79. The maximum Gasteiger partial charge on any atom is 0.328 e. The molecule has 0 aromatic heterocycles. The van der Waals surface area contributed by atoms with Crippen LogP contribution in [0.1, 0.15) is 12.5 Å². The molecule has 8 heteroatoms. The highest BCUT2D eigenvalue weighted by Crippen LogP contribution is 2.13. The average Bonchev–Trinajstić information content (AvgIpc) is 2.42. The lowest BCUT2D eigenvalue weighted by atomic mass is 10.1. The van der Waals surface area contributed by atoms with Crippen molar-refractivity contribution >= 4 is 23.3 Å². The first-order valence-electron chi connectivity index (χ1n) is 5.40. The molecule has 8 nitrogen and oxygen atoms in total. The van der Waals surface area contributed by atoms with Crippen LogP contribution in [0.3, 0.4) is 0 Å². The number of carbonyl (C=O) groups is 2. The van der Waals surface area contributed by atoms with Crippen molar-refractivity contribution in [1.29, 1.82) is 0 Å². The van der Waals surface area contributed by atoms with Crippen molar-refractivity contribution in [2.45, 2.75) is 6.92 Å². The molecule has 1 aromatic rings. The second-order valence-electron chi connectivity index (χ2n) is 3.65. The lowest BCUT2D eigenvalue weighted by Gasteiger charge is -2.01. The van der Waals surface area contributed by atoms with Gasteiger partial charge in [0.15, 0.2) is 0 Å². The van der Waals surface area contributed by atoms with E-state index in [9.17, 15) is 19.7 Å². The second-order valence-corrected chi connectivity index (χ2v) is 3.65. The summed E-state index contributed by atoms with van der Waals surface area (Å²) in [6.45, 7) is 1.56. The molecule has 1 rings (SSSR count). The van der Waals surface area contributed by atoms with E-state index in [1.807, 2.05) is 0 Å². The highest BCUT2D eigenvalue weighted by molar-refractivity contribution is 6.00. The van der Waals surface area contributed by atoms with E-state index in [-0.39, 0.29) is 5.69 Å². The van der Waals surface area contributed by atoms with Gasteiger partial charge in [-0.1, -0.05) is 12.1 Å². The van der Waals surface area contributed by atoms with Crippen molar-refractivity contribution in [3.05, 3.63) is 52.1 Å². The molecule has 0 spiro atoms. The minimum Gasteiger partial charge on any atom is -0.478 e. The zero-order valence-corrected chi connectivity index (χ0v) is 10.4. The van der Waals surface area contributed by atoms with Gasteiger partial charge in [-0.3, -0.25) is 14.9 Å².